The first kappa shape index (κ1) is 14.1. The lowest BCUT2D eigenvalue weighted by atomic mass is 10.1. The van der Waals surface area contributed by atoms with E-state index >= 15 is 0 Å². The molecule has 2 unspecified atom stereocenters. The lowest BCUT2D eigenvalue weighted by molar-refractivity contribution is -0.163. The molecule has 1 aromatic heterocycles. The second-order valence-electron chi connectivity index (χ2n) is 5.09. The van der Waals surface area contributed by atoms with Crippen molar-refractivity contribution in [3.63, 3.8) is 0 Å². The summed E-state index contributed by atoms with van der Waals surface area (Å²) in [5.74, 6) is -1.02. The molecule has 0 aliphatic rings. The summed E-state index contributed by atoms with van der Waals surface area (Å²) in [6, 6.07) is 0. The first-order chi connectivity index (χ1) is 7.70. The number of nitrogens with zero attached hydrogens (tertiary/aromatic N) is 1. The van der Waals surface area contributed by atoms with Gasteiger partial charge >= 0.3 is 5.97 Å². The van der Waals surface area contributed by atoms with E-state index in [2.05, 4.69) is 4.98 Å². The molecule has 0 fully saturated rings. The molecule has 0 aromatic carbocycles. The lowest BCUT2D eigenvalue weighted by Crippen LogP contribution is -2.30. The second kappa shape index (κ2) is 5.14. The van der Waals surface area contributed by atoms with Crippen LogP contribution in [0.25, 0.3) is 0 Å². The van der Waals surface area contributed by atoms with E-state index in [0.717, 1.165) is 5.69 Å². The maximum Gasteiger partial charge on any atom is 0.312 e. The molecule has 17 heavy (non-hydrogen) atoms. The number of aryl methyl sites for hydroxylation is 1. The van der Waals surface area contributed by atoms with Crippen LogP contribution in [0.4, 0.5) is 0 Å². The highest BCUT2D eigenvalue weighted by Crippen LogP contribution is 2.26. The Kier molecular flexibility index (Phi) is 4.27. The topological polar surface area (TPSA) is 59.4 Å². The Balaban J connectivity index is 2.70. The van der Waals surface area contributed by atoms with Gasteiger partial charge in [-0.3, -0.25) is 4.79 Å². The van der Waals surface area contributed by atoms with Crippen LogP contribution in [-0.2, 0) is 9.53 Å². The number of hydrogen-bond donors (Lipinski definition) is 1. The third-order valence-electron chi connectivity index (χ3n) is 2.14. The van der Waals surface area contributed by atoms with Crippen LogP contribution in [0.5, 0.6) is 0 Å². The number of thiazole rings is 1. The Morgan fingerprint density at radius 1 is 1.53 bits per heavy atom. The molecule has 0 saturated heterocycles. The summed E-state index contributed by atoms with van der Waals surface area (Å²) in [6.45, 7) is 8.91. The predicted octanol–water partition coefficient (Wildman–Crippen LogP) is 2.46. The van der Waals surface area contributed by atoms with Crippen LogP contribution in [-0.4, -0.2) is 21.7 Å². The number of carbonyl (C=O) groups excluding carboxylic acids is 1. The van der Waals surface area contributed by atoms with E-state index in [0.29, 0.717) is 5.01 Å². The largest absolute Gasteiger partial charge is 0.460 e. The summed E-state index contributed by atoms with van der Waals surface area (Å²) in [5, 5.41) is 12.4. The monoisotopic (exact) mass is 257 g/mol. The highest BCUT2D eigenvalue weighted by Gasteiger charge is 2.29. The van der Waals surface area contributed by atoms with E-state index in [9.17, 15) is 9.90 Å². The molecule has 0 radical (unpaired) electrons. The zero-order valence-corrected chi connectivity index (χ0v) is 11.7. The van der Waals surface area contributed by atoms with Crippen molar-refractivity contribution in [2.75, 3.05) is 0 Å². The Morgan fingerprint density at radius 2 is 2.12 bits per heavy atom. The SMILES string of the molecule is Cc1csc(C(O)C(C)C(=O)OC(C)(C)C)n1. The Hall–Kier alpha value is -0.940. The maximum absolute atomic E-state index is 11.8. The Bertz CT molecular complexity index is 395. The molecule has 5 heteroatoms. The summed E-state index contributed by atoms with van der Waals surface area (Å²) in [4.78, 5) is 15.9. The number of aliphatic hydroxyl groups excluding tert-OH is 1. The third-order valence-corrected chi connectivity index (χ3v) is 3.18. The van der Waals surface area contributed by atoms with Gasteiger partial charge in [-0.25, -0.2) is 4.98 Å². The van der Waals surface area contributed by atoms with Gasteiger partial charge in [0.15, 0.2) is 0 Å². The van der Waals surface area contributed by atoms with E-state index in [4.69, 9.17) is 4.74 Å². The summed E-state index contributed by atoms with van der Waals surface area (Å²) in [7, 11) is 0. The second-order valence-corrected chi connectivity index (χ2v) is 5.98. The molecule has 1 aromatic rings. The molecule has 0 amide bonds. The van der Waals surface area contributed by atoms with Crippen LogP contribution in [0.1, 0.15) is 44.5 Å². The molecule has 0 bridgehead atoms. The average molecular weight is 257 g/mol. The number of esters is 1. The molecule has 96 valence electrons. The molecule has 0 spiro atoms. The fraction of sp³-hybridized carbons (Fsp3) is 0.667. The number of carbonyl (C=O) groups is 1. The van der Waals surface area contributed by atoms with Gasteiger partial charge in [0.05, 0.1) is 5.92 Å². The van der Waals surface area contributed by atoms with Crippen LogP contribution in [0.15, 0.2) is 5.38 Å². The predicted molar refractivity (Wildman–Crippen MR) is 66.8 cm³/mol. The minimum absolute atomic E-state index is 0.405. The van der Waals surface area contributed by atoms with Crippen molar-refractivity contribution in [1.29, 1.82) is 0 Å². The van der Waals surface area contributed by atoms with Crippen molar-refractivity contribution >= 4 is 17.3 Å². The number of ether oxygens (including phenoxy) is 1. The molecule has 1 heterocycles. The molecular formula is C12H19NO3S. The van der Waals surface area contributed by atoms with Crippen molar-refractivity contribution in [3.8, 4) is 0 Å². The smallest absolute Gasteiger partial charge is 0.312 e. The van der Waals surface area contributed by atoms with Gasteiger partial charge in [-0.1, -0.05) is 0 Å². The van der Waals surface area contributed by atoms with Gasteiger partial charge in [0.1, 0.15) is 16.7 Å². The average Bonchev–Trinajstić information content (AvgIpc) is 2.60. The molecule has 0 aliphatic carbocycles. The van der Waals surface area contributed by atoms with Crippen LogP contribution < -0.4 is 0 Å². The molecule has 1 N–H and O–H groups in total. The summed E-state index contributed by atoms with van der Waals surface area (Å²) in [6.07, 6.45) is -0.899. The molecule has 4 nitrogen and oxygen atoms in total. The molecule has 0 saturated carbocycles. The summed E-state index contributed by atoms with van der Waals surface area (Å²) < 4.78 is 5.23. The van der Waals surface area contributed by atoms with Crippen molar-refractivity contribution in [2.45, 2.75) is 46.3 Å². The van der Waals surface area contributed by atoms with E-state index in [1.807, 2.05) is 12.3 Å². The highest BCUT2D eigenvalue weighted by atomic mass is 32.1. The van der Waals surface area contributed by atoms with Crippen molar-refractivity contribution in [2.24, 2.45) is 5.92 Å². The lowest BCUT2D eigenvalue weighted by Gasteiger charge is -2.23. The Labute approximate surface area is 106 Å². The molecule has 2 atom stereocenters. The minimum atomic E-state index is -0.899. The zero-order valence-electron chi connectivity index (χ0n) is 10.9. The summed E-state index contributed by atoms with van der Waals surface area (Å²) >= 11 is 1.35. The first-order valence-corrected chi connectivity index (χ1v) is 6.41. The van der Waals surface area contributed by atoms with Crippen LogP contribution in [0.3, 0.4) is 0 Å². The standard InChI is InChI=1S/C12H19NO3S/c1-7-6-17-10(13-7)9(14)8(2)11(15)16-12(3,4)5/h6,8-9,14H,1-5H3. The highest BCUT2D eigenvalue weighted by molar-refractivity contribution is 7.09. The minimum Gasteiger partial charge on any atom is -0.460 e. The van der Waals surface area contributed by atoms with Gasteiger partial charge in [0.25, 0.3) is 0 Å². The van der Waals surface area contributed by atoms with E-state index < -0.39 is 23.6 Å². The number of hydrogen-bond acceptors (Lipinski definition) is 5. The normalized spacial score (nSPS) is 15.4. The zero-order chi connectivity index (χ0) is 13.2. The number of aliphatic hydroxyl groups is 1. The fourth-order valence-corrected chi connectivity index (χ4v) is 2.13. The Morgan fingerprint density at radius 3 is 2.53 bits per heavy atom. The van der Waals surface area contributed by atoms with Crippen molar-refractivity contribution in [3.05, 3.63) is 16.1 Å². The summed E-state index contributed by atoms with van der Waals surface area (Å²) in [5.41, 5.74) is 0.310. The molecular weight excluding hydrogens is 238 g/mol. The van der Waals surface area contributed by atoms with Gasteiger partial charge in [0.2, 0.25) is 0 Å². The van der Waals surface area contributed by atoms with Gasteiger partial charge in [0, 0.05) is 11.1 Å². The van der Waals surface area contributed by atoms with E-state index in [1.165, 1.54) is 11.3 Å². The fourth-order valence-electron chi connectivity index (χ4n) is 1.25. The van der Waals surface area contributed by atoms with Gasteiger partial charge < -0.3 is 9.84 Å². The van der Waals surface area contributed by atoms with Gasteiger partial charge in [-0.15, -0.1) is 11.3 Å². The van der Waals surface area contributed by atoms with E-state index in [1.54, 1.807) is 27.7 Å². The van der Waals surface area contributed by atoms with Crippen LogP contribution in [0, 0.1) is 12.8 Å². The number of rotatable bonds is 3. The third kappa shape index (κ3) is 4.09. The van der Waals surface area contributed by atoms with Crippen LogP contribution in [0.2, 0.25) is 0 Å². The quantitative estimate of drug-likeness (QED) is 0.845. The number of aromatic nitrogens is 1. The van der Waals surface area contributed by atoms with Crippen molar-refractivity contribution < 1.29 is 14.6 Å². The van der Waals surface area contributed by atoms with Gasteiger partial charge in [-0.05, 0) is 34.6 Å². The van der Waals surface area contributed by atoms with E-state index in [-0.39, 0.29) is 0 Å². The first-order valence-electron chi connectivity index (χ1n) is 5.53. The van der Waals surface area contributed by atoms with Crippen molar-refractivity contribution in [1.82, 2.24) is 4.98 Å². The van der Waals surface area contributed by atoms with Crippen LogP contribution >= 0.6 is 11.3 Å². The van der Waals surface area contributed by atoms with Gasteiger partial charge in [-0.2, -0.15) is 0 Å². The maximum atomic E-state index is 11.8. The molecule has 0 aliphatic heterocycles. The molecule has 1 rings (SSSR count).